The topological polar surface area (TPSA) is 110 Å². The van der Waals surface area contributed by atoms with Gasteiger partial charge in [-0.2, -0.15) is 0 Å². The van der Waals surface area contributed by atoms with E-state index >= 15 is 0 Å². The lowest BCUT2D eigenvalue weighted by atomic mass is 9.98. The predicted octanol–water partition coefficient (Wildman–Crippen LogP) is -2.06. The van der Waals surface area contributed by atoms with E-state index in [-0.39, 0.29) is 0 Å². The molecule has 16 heavy (non-hydrogen) atoms. The van der Waals surface area contributed by atoms with E-state index in [1.54, 1.807) is 0 Å². The largest absolute Gasteiger partial charge is 0.394 e. The Bertz CT molecular complexity index is 263. The first-order valence-electron chi connectivity index (χ1n) is 4.66. The van der Waals surface area contributed by atoms with Crippen LogP contribution in [0.15, 0.2) is 0 Å². The van der Waals surface area contributed by atoms with Gasteiger partial charge in [0.2, 0.25) is 5.91 Å². The number of amides is 1. The van der Waals surface area contributed by atoms with E-state index in [2.05, 4.69) is 16.1 Å². The van der Waals surface area contributed by atoms with Crippen LogP contribution in [0.25, 0.3) is 0 Å². The Kier molecular flexibility index (Phi) is 4.65. The molecule has 94 valence electrons. The van der Waals surface area contributed by atoms with Gasteiger partial charge in [0, 0.05) is 6.92 Å². The number of carbonyl (C=O) groups excluding carboxylic acids is 1. The quantitative estimate of drug-likeness (QED) is 0.437. The highest BCUT2D eigenvalue weighted by molar-refractivity contribution is 9.07. The molecule has 1 aliphatic heterocycles. The molecule has 4 N–H and O–H groups in total. The van der Waals surface area contributed by atoms with Crippen molar-refractivity contribution >= 4 is 22.1 Å². The molecule has 7 nitrogen and oxygen atoms in total. The van der Waals surface area contributed by atoms with Crippen LogP contribution in [0.5, 0.6) is 0 Å². The number of hydrogen-bond acceptors (Lipinski definition) is 6. The molecule has 8 heteroatoms. The van der Waals surface area contributed by atoms with Crippen LogP contribution in [0.2, 0.25) is 0 Å². The van der Waals surface area contributed by atoms with Crippen molar-refractivity contribution < 1.29 is 30.0 Å². The van der Waals surface area contributed by atoms with Gasteiger partial charge in [0.05, 0.1) is 22.8 Å². The highest BCUT2D eigenvalue weighted by Crippen LogP contribution is 2.25. The second-order valence-corrected chi connectivity index (χ2v) is 4.31. The molecule has 1 aliphatic rings. The van der Waals surface area contributed by atoms with Gasteiger partial charge in [-0.25, -0.2) is 3.93 Å². The third-order valence-corrected chi connectivity index (χ3v) is 3.29. The van der Waals surface area contributed by atoms with Crippen molar-refractivity contribution in [3.05, 3.63) is 0 Å². The summed E-state index contributed by atoms with van der Waals surface area (Å²) in [5, 5.41) is 37.4. The molecule has 0 aromatic rings. The van der Waals surface area contributed by atoms with Crippen molar-refractivity contribution in [3.8, 4) is 0 Å². The van der Waals surface area contributed by atoms with Crippen LogP contribution in [0, 0.1) is 0 Å². The standard InChI is InChI=1S/C8H14BrNO6/c1-3(12)10(9)8-7(15)6(14)5(13)4(2-11)16-8/h4-8,11,13-15H,2H2,1H3/t4-,5-,6+,7-,8-/m1/s1. The normalized spacial score (nSPS) is 39.5. The average molecular weight is 300 g/mol. The summed E-state index contributed by atoms with van der Waals surface area (Å²) in [6, 6.07) is 0. The van der Waals surface area contributed by atoms with Crippen molar-refractivity contribution in [3.63, 3.8) is 0 Å². The van der Waals surface area contributed by atoms with E-state index in [9.17, 15) is 20.1 Å². The van der Waals surface area contributed by atoms with Gasteiger partial charge in [0.1, 0.15) is 24.4 Å². The third-order valence-electron chi connectivity index (χ3n) is 2.39. The molecule has 0 saturated carbocycles. The summed E-state index contributed by atoms with van der Waals surface area (Å²) in [6.45, 7) is 0.705. The molecule has 1 fully saturated rings. The first-order chi connectivity index (χ1) is 7.40. The minimum Gasteiger partial charge on any atom is -0.394 e. The first kappa shape index (κ1) is 13.8. The average Bonchev–Trinajstić information content (AvgIpc) is 2.25. The number of carbonyl (C=O) groups is 1. The molecule has 0 spiro atoms. The molecule has 1 saturated heterocycles. The zero-order valence-corrected chi connectivity index (χ0v) is 10.1. The third kappa shape index (κ3) is 2.53. The van der Waals surface area contributed by atoms with Crippen LogP contribution in [-0.4, -0.2) is 67.5 Å². The molecule has 0 radical (unpaired) electrons. The number of nitrogens with zero attached hydrogens (tertiary/aromatic N) is 1. The molecular weight excluding hydrogens is 286 g/mol. The van der Waals surface area contributed by atoms with E-state index in [1.807, 2.05) is 0 Å². The Morgan fingerprint density at radius 2 is 1.88 bits per heavy atom. The Hall–Kier alpha value is -0.250. The molecule has 0 aromatic heterocycles. The van der Waals surface area contributed by atoms with Gasteiger partial charge in [0.15, 0.2) is 6.23 Å². The maximum absolute atomic E-state index is 11.1. The minimum atomic E-state index is -1.49. The smallest absolute Gasteiger partial charge is 0.231 e. The number of rotatable bonds is 2. The van der Waals surface area contributed by atoms with Crippen LogP contribution in [0.3, 0.4) is 0 Å². The highest BCUT2D eigenvalue weighted by Gasteiger charge is 2.46. The first-order valence-corrected chi connectivity index (χ1v) is 5.37. The van der Waals surface area contributed by atoms with E-state index in [4.69, 9.17) is 9.84 Å². The molecular formula is C8H14BrNO6. The molecule has 0 aliphatic carbocycles. The maximum atomic E-state index is 11.1. The Morgan fingerprint density at radius 3 is 2.31 bits per heavy atom. The second kappa shape index (κ2) is 5.39. The lowest BCUT2D eigenvalue weighted by molar-refractivity contribution is -0.248. The summed E-state index contributed by atoms with van der Waals surface area (Å²) >= 11 is 2.87. The lowest BCUT2D eigenvalue weighted by Crippen LogP contribution is -2.62. The van der Waals surface area contributed by atoms with Gasteiger partial charge in [-0.15, -0.1) is 0 Å². The number of aliphatic hydroxyl groups excluding tert-OH is 4. The predicted molar refractivity (Wildman–Crippen MR) is 55.2 cm³/mol. The molecule has 5 atom stereocenters. The maximum Gasteiger partial charge on any atom is 0.231 e. The number of aliphatic hydroxyl groups is 4. The zero-order chi connectivity index (χ0) is 12.5. The van der Waals surface area contributed by atoms with Crippen LogP contribution >= 0.6 is 16.1 Å². The van der Waals surface area contributed by atoms with Gasteiger partial charge in [0.25, 0.3) is 0 Å². The fourth-order valence-electron chi connectivity index (χ4n) is 1.45. The van der Waals surface area contributed by atoms with Crippen molar-refractivity contribution in [2.45, 2.75) is 37.6 Å². The summed E-state index contributed by atoms with van der Waals surface area (Å²) in [5.74, 6) is -0.440. The summed E-state index contributed by atoms with van der Waals surface area (Å²) in [5.41, 5.74) is 0. The van der Waals surface area contributed by atoms with E-state index < -0.39 is 43.2 Å². The molecule has 0 unspecified atom stereocenters. The highest BCUT2D eigenvalue weighted by atomic mass is 79.9. The lowest BCUT2D eigenvalue weighted by Gasteiger charge is -2.42. The Labute approximate surface area is 101 Å². The number of hydrogen-bond donors (Lipinski definition) is 4. The van der Waals surface area contributed by atoms with Crippen molar-refractivity contribution in [1.29, 1.82) is 0 Å². The van der Waals surface area contributed by atoms with Crippen molar-refractivity contribution in [2.24, 2.45) is 0 Å². The molecule has 1 rings (SSSR count). The van der Waals surface area contributed by atoms with Crippen molar-refractivity contribution in [1.82, 2.24) is 3.93 Å². The Morgan fingerprint density at radius 1 is 1.31 bits per heavy atom. The van der Waals surface area contributed by atoms with Gasteiger partial charge >= 0.3 is 0 Å². The van der Waals surface area contributed by atoms with Crippen LogP contribution in [-0.2, 0) is 9.53 Å². The van der Waals surface area contributed by atoms with Gasteiger partial charge < -0.3 is 25.2 Å². The second-order valence-electron chi connectivity index (χ2n) is 3.55. The number of ether oxygens (including phenoxy) is 1. The van der Waals surface area contributed by atoms with E-state index in [0.717, 1.165) is 3.93 Å². The molecule has 0 bridgehead atoms. The molecule has 1 amide bonds. The van der Waals surface area contributed by atoms with Crippen molar-refractivity contribution in [2.75, 3.05) is 6.61 Å². The summed E-state index contributed by atoms with van der Waals surface area (Å²) in [7, 11) is 0. The molecule has 0 aromatic carbocycles. The van der Waals surface area contributed by atoms with Gasteiger partial charge in [-0.3, -0.25) is 4.79 Å². The minimum absolute atomic E-state index is 0.440. The SMILES string of the molecule is CC(=O)N(Br)[C@@H]1O[C@H](CO)[C@@H](O)[C@H](O)[C@H]1O. The Balaban J connectivity index is 2.82. The summed E-state index contributed by atoms with van der Waals surface area (Å²) in [6.07, 6.45) is -6.56. The van der Waals surface area contributed by atoms with Gasteiger partial charge in [-0.1, -0.05) is 0 Å². The van der Waals surface area contributed by atoms with Gasteiger partial charge in [-0.05, 0) is 0 Å². The number of halogens is 1. The van der Waals surface area contributed by atoms with Crippen LogP contribution < -0.4 is 0 Å². The summed E-state index contributed by atoms with van der Waals surface area (Å²) in [4.78, 5) is 11.1. The fourth-order valence-corrected chi connectivity index (χ4v) is 1.79. The zero-order valence-electron chi connectivity index (χ0n) is 8.52. The monoisotopic (exact) mass is 299 g/mol. The van der Waals surface area contributed by atoms with E-state index in [1.165, 1.54) is 6.92 Å². The molecule has 1 heterocycles. The fraction of sp³-hybridized carbons (Fsp3) is 0.875. The van der Waals surface area contributed by atoms with Crippen LogP contribution in [0.1, 0.15) is 6.92 Å². The van der Waals surface area contributed by atoms with E-state index in [0.29, 0.717) is 0 Å². The van der Waals surface area contributed by atoms with Crippen LogP contribution in [0.4, 0.5) is 0 Å². The summed E-state index contributed by atoms with van der Waals surface area (Å²) < 4.78 is 6.01.